The predicted molar refractivity (Wildman–Crippen MR) is 124 cm³/mol. The van der Waals surface area contributed by atoms with E-state index in [0.717, 1.165) is 13.1 Å². The first kappa shape index (κ1) is 22.6. The van der Waals surface area contributed by atoms with Crippen LogP contribution in [-0.4, -0.2) is 42.5 Å². The topological polar surface area (TPSA) is 6.48 Å². The Morgan fingerprint density at radius 1 is 0.750 bits per heavy atom. The molecule has 1 saturated heterocycles. The molecule has 154 valence electrons. The van der Waals surface area contributed by atoms with Gasteiger partial charge in [-0.1, -0.05) is 65.3 Å². The van der Waals surface area contributed by atoms with Gasteiger partial charge < -0.3 is 0 Å². The van der Waals surface area contributed by atoms with Crippen molar-refractivity contribution in [3.8, 4) is 0 Å². The average molecular weight is 381 g/mol. The Kier molecular flexibility index (Phi) is 10.3. The SMILES string of the molecule is CC(C)=CCC/C(C)=C/CC/C(C)=C/CN1CCN(Cc2ccccc2)CC1. The number of hydrogen-bond acceptors (Lipinski definition) is 2. The molecule has 1 aliphatic heterocycles. The minimum atomic E-state index is 1.09. The van der Waals surface area contributed by atoms with Crippen LogP contribution in [0.3, 0.4) is 0 Å². The van der Waals surface area contributed by atoms with E-state index >= 15 is 0 Å². The summed E-state index contributed by atoms with van der Waals surface area (Å²) in [6.45, 7) is 15.8. The van der Waals surface area contributed by atoms with Gasteiger partial charge in [-0.25, -0.2) is 0 Å². The lowest BCUT2D eigenvalue weighted by molar-refractivity contribution is 0.137. The van der Waals surface area contributed by atoms with E-state index < -0.39 is 0 Å². The Bertz CT molecular complexity index is 642. The molecule has 1 aromatic rings. The average Bonchev–Trinajstić information content (AvgIpc) is 2.68. The number of nitrogens with zero attached hydrogens (tertiary/aromatic N) is 2. The maximum absolute atomic E-state index is 2.59. The summed E-state index contributed by atoms with van der Waals surface area (Å²) < 4.78 is 0. The van der Waals surface area contributed by atoms with E-state index in [4.69, 9.17) is 0 Å². The molecule has 0 saturated carbocycles. The number of piperazine rings is 1. The quantitative estimate of drug-likeness (QED) is 0.444. The van der Waals surface area contributed by atoms with Gasteiger partial charge in [0.1, 0.15) is 0 Å². The van der Waals surface area contributed by atoms with E-state index in [1.807, 2.05) is 0 Å². The van der Waals surface area contributed by atoms with Gasteiger partial charge in [0.15, 0.2) is 0 Å². The van der Waals surface area contributed by atoms with Crippen LogP contribution in [0.5, 0.6) is 0 Å². The lowest BCUT2D eigenvalue weighted by atomic mass is 10.1. The molecule has 0 aromatic heterocycles. The Morgan fingerprint density at radius 2 is 1.32 bits per heavy atom. The summed E-state index contributed by atoms with van der Waals surface area (Å²) >= 11 is 0. The summed E-state index contributed by atoms with van der Waals surface area (Å²) in [5, 5.41) is 0. The van der Waals surface area contributed by atoms with Crippen molar-refractivity contribution in [1.29, 1.82) is 0 Å². The molecular formula is C26H40N2. The molecule has 1 heterocycles. The van der Waals surface area contributed by atoms with E-state index in [-0.39, 0.29) is 0 Å². The summed E-state index contributed by atoms with van der Waals surface area (Å²) in [6, 6.07) is 10.8. The van der Waals surface area contributed by atoms with Crippen LogP contribution < -0.4 is 0 Å². The third-order valence-electron chi connectivity index (χ3n) is 5.53. The van der Waals surface area contributed by atoms with Gasteiger partial charge in [-0.05, 0) is 58.9 Å². The molecule has 0 atom stereocenters. The molecule has 0 spiro atoms. The van der Waals surface area contributed by atoms with Crippen LogP contribution in [0.4, 0.5) is 0 Å². The fraction of sp³-hybridized carbons (Fsp3) is 0.538. The number of allylic oxidation sites excluding steroid dienone is 5. The molecule has 0 aliphatic carbocycles. The Morgan fingerprint density at radius 3 is 1.96 bits per heavy atom. The second kappa shape index (κ2) is 12.7. The zero-order valence-corrected chi connectivity index (χ0v) is 18.6. The lowest BCUT2D eigenvalue weighted by Crippen LogP contribution is -2.45. The smallest absolute Gasteiger partial charge is 0.0234 e. The van der Waals surface area contributed by atoms with Gasteiger partial charge in [-0.2, -0.15) is 0 Å². The molecule has 2 heteroatoms. The van der Waals surface area contributed by atoms with Crippen molar-refractivity contribution in [2.75, 3.05) is 32.7 Å². The van der Waals surface area contributed by atoms with Gasteiger partial charge in [0.2, 0.25) is 0 Å². The third-order valence-corrected chi connectivity index (χ3v) is 5.53. The maximum atomic E-state index is 2.59. The fourth-order valence-corrected chi connectivity index (χ4v) is 3.60. The standard InChI is InChI=1S/C26H40N2/c1-23(2)10-8-11-24(3)12-9-13-25(4)16-17-27-18-20-28(21-19-27)22-26-14-6-5-7-15-26/h5-7,10,12,14-16H,8-9,11,13,17-22H2,1-4H3/b24-12+,25-16+. The van der Waals surface area contributed by atoms with E-state index in [1.54, 1.807) is 0 Å². The molecule has 2 rings (SSSR count). The maximum Gasteiger partial charge on any atom is 0.0234 e. The summed E-state index contributed by atoms with van der Waals surface area (Å²) in [5.74, 6) is 0. The third kappa shape index (κ3) is 9.52. The Labute approximate surface area is 173 Å². The van der Waals surface area contributed by atoms with Crippen molar-refractivity contribution >= 4 is 0 Å². The van der Waals surface area contributed by atoms with Crippen molar-refractivity contribution in [3.05, 3.63) is 70.8 Å². The van der Waals surface area contributed by atoms with Crippen molar-refractivity contribution in [3.63, 3.8) is 0 Å². The van der Waals surface area contributed by atoms with Gasteiger partial charge in [0.05, 0.1) is 0 Å². The molecule has 0 N–H and O–H groups in total. The highest BCUT2D eigenvalue weighted by atomic mass is 15.3. The number of rotatable bonds is 10. The molecule has 0 radical (unpaired) electrons. The van der Waals surface area contributed by atoms with Crippen molar-refractivity contribution in [1.82, 2.24) is 9.80 Å². The number of benzene rings is 1. The molecule has 2 nitrogen and oxygen atoms in total. The van der Waals surface area contributed by atoms with E-state index in [2.05, 4.69) is 86.1 Å². The summed E-state index contributed by atoms with van der Waals surface area (Å²) in [5.41, 5.74) is 5.91. The van der Waals surface area contributed by atoms with Crippen molar-refractivity contribution in [2.45, 2.75) is 59.9 Å². The summed E-state index contributed by atoms with van der Waals surface area (Å²) in [4.78, 5) is 5.16. The zero-order valence-electron chi connectivity index (χ0n) is 18.6. The molecule has 0 bridgehead atoms. The van der Waals surface area contributed by atoms with Crippen LogP contribution >= 0.6 is 0 Å². The number of hydrogen-bond donors (Lipinski definition) is 0. The second-order valence-corrected chi connectivity index (χ2v) is 8.52. The first-order valence-corrected chi connectivity index (χ1v) is 11.0. The van der Waals surface area contributed by atoms with Crippen molar-refractivity contribution in [2.24, 2.45) is 0 Å². The Hall–Kier alpha value is -1.64. The molecule has 1 fully saturated rings. The molecular weight excluding hydrogens is 340 g/mol. The van der Waals surface area contributed by atoms with Crippen LogP contribution in [0.1, 0.15) is 58.9 Å². The van der Waals surface area contributed by atoms with Gasteiger partial charge in [-0.3, -0.25) is 9.80 Å². The van der Waals surface area contributed by atoms with E-state index in [9.17, 15) is 0 Å². The van der Waals surface area contributed by atoms with Crippen LogP contribution in [0, 0.1) is 0 Å². The lowest BCUT2D eigenvalue weighted by Gasteiger charge is -2.34. The second-order valence-electron chi connectivity index (χ2n) is 8.52. The van der Waals surface area contributed by atoms with Gasteiger partial charge in [-0.15, -0.1) is 0 Å². The first-order chi connectivity index (χ1) is 13.5. The highest BCUT2D eigenvalue weighted by molar-refractivity contribution is 5.14. The van der Waals surface area contributed by atoms with E-state index in [0.29, 0.717) is 0 Å². The van der Waals surface area contributed by atoms with Crippen molar-refractivity contribution < 1.29 is 0 Å². The molecule has 1 aliphatic rings. The summed E-state index contributed by atoms with van der Waals surface area (Å²) in [6.07, 6.45) is 11.9. The van der Waals surface area contributed by atoms with Crippen LogP contribution in [0.15, 0.2) is 65.3 Å². The Balaban J connectivity index is 1.62. The monoisotopic (exact) mass is 380 g/mol. The van der Waals surface area contributed by atoms with Gasteiger partial charge in [0.25, 0.3) is 0 Å². The summed E-state index contributed by atoms with van der Waals surface area (Å²) in [7, 11) is 0. The van der Waals surface area contributed by atoms with Crippen LogP contribution in [0.25, 0.3) is 0 Å². The zero-order chi connectivity index (χ0) is 20.2. The molecule has 28 heavy (non-hydrogen) atoms. The van der Waals surface area contributed by atoms with Gasteiger partial charge >= 0.3 is 0 Å². The minimum Gasteiger partial charge on any atom is -0.297 e. The minimum absolute atomic E-state index is 1.09. The first-order valence-electron chi connectivity index (χ1n) is 11.0. The predicted octanol–water partition coefficient (Wildman–Crippen LogP) is 6.22. The normalized spacial score (nSPS) is 17.0. The fourth-order valence-electron chi connectivity index (χ4n) is 3.60. The highest BCUT2D eigenvalue weighted by Crippen LogP contribution is 2.12. The molecule has 0 unspecified atom stereocenters. The molecule has 1 aromatic carbocycles. The largest absolute Gasteiger partial charge is 0.297 e. The molecule has 0 amide bonds. The van der Waals surface area contributed by atoms with Gasteiger partial charge in [0, 0.05) is 39.3 Å². The highest BCUT2D eigenvalue weighted by Gasteiger charge is 2.15. The van der Waals surface area contributed by atoms with Crippen LogP contribution in [-0.2, 0) is 6.54 Å². The van der Waals surface area contributed by atoms with Crippen LogP contribution in [0.2, 0.25) is 0 Å². The van der Waals surface area contributed by atoms with E-state index in [1.165, 1.54) is 74.1 Å².